The molecular formula is C18H15N9O2. The molecule has 0 aliphatic rings. The van der Waals surface area contributed by atoms with Gasteiger partial charge in [0.05, 0.1) is 22.2 Å². The van der Waals surface area contributed by atoms with Crippen molar-refractivity contribution in [3.8, 4) is 5.69 Å². The molecule has 0 aliphatic carbocycles. The third-order valence-corrected chi connectivity index (χ3v) is 4.81. The van der Waals surface area contributed by atoms with Crippen molar-refractivity contribution < 1.29 is 4.92 Å². The van der Waals surface area contributed by atoms with E-state index in [0.717, 1.165) is 11.1 Å². The molecule has 4 heterocycles. The van der Waals surface area contributed by atoms with Gasteiger partial charge in [-0.15, -0.1) is 5.10 Å². The van der Waals surface area contributed by atoms with Crippen LogP contribution >= 0.6 is 0 Å². The Hall–Kier alpha value is -4.15. The number of benzene rings is 1. The van der Waals surface area contributed by atoms with Gasteiger partial charge in [0, 0.05) is 0 Å². The summed E-state index contributed by atoms with van der Waals surface area (Å²) in [5.41, 5.74) is 1.26. The molecule has 0 spiro atoms. The largest absolute Gasteiger partial charge is 0.307 e. The Bertz CT molecular complexity index is 1360. The summed E-state index contributed by atoms with van der Waals surface area (Å²) in [5, 5.41) is 24.8. The van der Waals surface area contributed by atoms with Crippen LogP contribution in [0.1, 0.15) is 19.7 Å². The zero-order valence-electron chi connectivity index (χ0n) is 15.5. The first-order valence-corrected chi connectivity index (χ1v) is 8.80. The zero-order chi connectivity index (χ0) is 20.2. The van der Waals surface area contributed by atoms with Gasteiger partial charge in [0.1, 0.15) is 24.3 Å². The van der Waals surface area contributed by atoms with E-state index in [9.17, 15) is 10.1 Å². The van der Waals surface area contributed by atoms with Gasteiger partial charge in [-0.05, 0) is 26.0 Å². The fraction of sp³-hybridized carbons (Fsp3) is 0.167. The van der Waals surface area contributed by atoms with Crippen LogP contribution in [0.25, 0.3) is 22.4 Å². The van der Waals surface area contributed by atoms with Crippen molar-refractivity contribution in [3.05, 3.63) is 71.2 Å². The SMILES string of the molecule is CC(C)(c1nc2c3cnn(-c4ccccc4)c3ncn2n1)n1cc([N+](=O)[O-])cn1. The Morgan fingerprint density at radius 3 is 2.59 bits per heavy atom. The van der Waals surface area contributed by atoms with Gasteiger partial charge in [-0.25, -0.2) is 19.2 Å². The first kappa shape index (κ1) is 17.0. The quantitative estimate of drug-likeness (QED) is 0.341. The number of nitrogens with zero attached hydrogens (tertiary/aromatic N) is 9. The van der Waals surface area contributed by atoms with Crippen LogP contribution in [-0.4, -0.2) is 44.1 Å². The van der Waals surface area contributed by atoms with E-state index in [-0.39, 0.29) is 5.69 Å². The van der Waals surface area contributed by atoms with Gasteiger partial charge in [0.2, 0.25) is 0 Å². The van der Waals surface area contributed by atoms with E-state index in [1.54, 1.807) is 21.7 Å². The molecule has 0 bridgehead atoms. The summed E-state index contributed by atoms with van der Waals surface area (Å²) in [6, 6.07) is 9.70. The maximum atomic E-state index is 11.0. The third-order valence-electron chi connectivity index (χ3n) is 4.81. The first-order chi connectivity index (χ1) is 13.9. The Kier molecular flexibility index (Phi) is 3.47. The van der Waals surface area contributed by atoms with Gasteiger partial charge in [0.25, 0.3) is 0 Å². The summed E-state index contributed by atoms with van der Waals surface area (Å²) in [7, 11) is 0. The number of rotatable bonds is 4. The minimum absolute atomic E-state index is 0.0879. The van der Waals surface area contributed by atoms with Crippen molar-refractivity contribution in [2.75, 3.05) is 0 Å². The van der Waals surface area contributed by atoms with E-state index in [2.05, 4.69) is 25.3 Å². The Morgan fingerprint density at radius 1 is 1.07 bits per heavy atom. The van der Waals surface area contributed by atoms with Gasteiger partial charge >= 0.3 is 5.69 Å². The van der Waals surface area contributed by atoms with Gasteiger partial charge in [-0.2, -0.15) is 10.2 Å². The predicted molar refractivity (Wildman–Crippen MR) is 103 cm³/mol. The lowest BCUT2D eigenvalue weighted by atomic mass is 10.1. The lowest BCUT2D eigenvalue weighted by molar-refractivity contribution is -0.385. The maximum absolute atomic E-state index is 11.0. The molecule has 0 unspecified atom stereocenters. The van der Waals surface area contributed by atoms with Crippen LogP contribution in [-0.2, 0) is 5.54 Å². The summed E-state index contributed by atoms with van der Waals surface area (Å²) in [5.74, 6) is 0.456. The molecule has 0 amide bonds. The normalized spacial score (nSPS) is 12.1. The first-order valence-electron chi connectivity index (χ1n) is 8.80. The smallest absolute Gasteiger partial charge is 0.258 e. The monoisotopic (exact) mass is 389 g/mol. The summed E-state index contributed by atoms with van der Waals surface area (Å²) in [4.78, 5) is 19.7. The zero-order valence-corrected chi connectivity index (χ0v) is 15.5. The Morgan fingerprint density at radius 2 is 1.86 bits per heavy atom. The average molecular weight is 389 g/mol. The molecule has 0 radical (unpaired) electrons. The van der Waals surface area contributed by atoms with Crippen LogP contribution < -0.4 is 0 Å². The van der Waals surface area contributed by atoms with Crippen LogP contribution in [0, 0.1) is 10.1 Å². The van der Waals surface area contributed by atoms with E-state index in [1.807, 2.05) is 44.2 Å². The van der Waals surface area contributed by atoms with Crippen molar-refractivity contribution in [2.45, 2.75) is 19.4 Å². The summed E-state index contributed by atoms with van der Waals surface area (Å²) >= 11 is 0. The van der Waals surface area contributed by atoms with Crippen LogP contribution in [0.15, 0.2) is 55.2 Å². The van der Waals surface area contributed by atoms with Crippen molar-refractivity contribution in [3.63, 3.8) is 0 Å². The molecule has 5 aromatic rings. The second kappa shape index (κ2) is 5.92. The number of fused-ring (bicyclic) bond motifs is 3. The van der Waals surface area contributed by atoms with Crippen molar-refractivity contribution in [1.29, 1.82) is 0 Å². The van der Waals surface area contributed by atoms with Gasteiger partial charge in [-0.1, -0.05) is 18.2 Å². The molecule has 0 aliphatic heterocycles. The molecule has 4 aromatic heterocycles. The fourth-order valence-corrected chi connectivity index (χ4v) is 3.15. The lowest BCUT2D eigenvalue weighted by Crippen LogP contribution is -2.29. The molecule has 144 valence electrons. The van der Waals surface area contributed by atoms with E-state index in [0.29, 0.717) is 17.1 Å². The summed E-state index contributed by atoms with van der Waals surface area (Å²) in [6.45, 7) is 3.69. The molecule has 1 aromatic carbocycles. The highest BCUT2D eigenvalue weighted by atomic mass is 16.6. The molecular weight excluding hydrogens is 374 g/mol. The molecule has 5 rings (SSSR count). The van der Waals surface area contributed by atoms with Crippen LogP contribution in [0.2, 0.25) is 0 Å². The van der Waals surface area contributed by atoms with Crippen molar-refractivity contribution in [2.24, 2.45) is 0 Å². The maximum Gasteiger partial charge on any atom is 0.307 e. The molecule has 11 nitrogen and oxygen atoms in total. The highest BCUT2D eigenvalue weighted by molar-refractivity contribution is 5.89. The Balaban J connectivity index is 1.64. The summed E-state index contributed by atoms with van der Waals surface area (Å²) in [6.07, 6.45) is 5.86. The average Bonchev–Trinajstić information content (AvgIpc) is 3.45. The van der Waals surface area contributed by atoms with Gasteiger partial charge < -0.3 is 0 Å². The fourth-order valence-electron chi connectivity index (χ4n) is 3.15. The van der Waals surface area contributed by atoms with E-state index in [1.165, 1.54) is 17.1 Å². The molecule has 11 heteroatoms. The second-order valence-electron chi connectivity index (χ2n) is 7.04. The molecule has 0 fully saturated rings. The van der Waals surface area contributed by atoms with Gasteiger partial charge in [-0.3, -0.25) is 14.8 Å². The minimum atomic E-state index is -0.804. The molecule has 0 atom stereocenters. The number of para-hydroxylation sites is 1. The third kappa shape index (κ3) is 2.55. The summed E-state index contributed by atoms with van der Waals surface area (Å²) < 4.78 is 4.80. The van der Waals surface area contributed by atoms with Crippen LogP contribution in [0.3, 0.4) is 0 Å². The predicted octanol–water partition coefficient (Wildman–Crippen LogP) is 2.35. The van der Waals surface area contributed by atoms with E-state index >= 15 is 0 Å². The topological polar surface area (TPSA) is 122 Å². The number of hydrogen-bond acceptors (Lipinski definition) is 7. The van der Waals surface area contributed by atoms with Crippen LogP contribution in [0.4, 0.5) is 5.69 Å². The number of hydrogen-bond donors (Lipinski definition) is 0. The molecule has 0 N–H and O–H groups in total. The molecule has 0 saturated heterocycles. The molecule has 29 heavy (non-hydrogen) atoms. The molecule has 0 saturated carbocycles. The van der Waals surface area contributed by atoms with Crippen molar-refractivity contribution >= 4 is 22.4 Å². The van der Waals surface area contributed by atoms with Crippen LogP contribution in [0.5, 0.6) is 0 Å². The highest BCUT2D eigenvalue weighted by Crippen LogP contribution is 2.26. The lowest BCUT2D eigenvalue weighted by Gasteiger charge is -2.20. The second-order valence-corrected chi connectivity index (χ2v) is 7.04. The minimum Gasteiger partial charge on any atom is -0.258 e. The Labute approximate surface area is 163 Å². The number of aromatic nitrogens is 8. The highest BCUT2D eigenvalue weighted by Gasteiger charge is 2.31. The standard InChI is InChI=1S/C18H15N9O2/c1-18(2,25-10-13(8-20-25)27(28)29)17-22-16-14-9-21-26(12-6-4-3-5-7-12)15(14)19-11-24(16)23-17/h3-11H,1-2H3. The van der Waals surface area contributed by atoms with Gasteiger partial charge in [0.15, 0.2) is 17.1 Å². The van der Waals surface area contributed by atoms with Crippen molar-refractivity contribution in [1.82, 2.24) is 39.1 Å². The van der Waals surface area contributed by atoms with E-state index in [4.69, 9.17) is 0 Å². The van der Waals surface area contributed by atoms with E-state index < -0.39 is 10.5 Å². The number of nitro groups is 1.